The van der Waals surface area contributed by atoms with E-state index in [2.05, 4.69) is 0 Å². The monoisotopic (exact) mass is 356 g/mol. The summed E-state index contributed by atoms with van der Waals surface area (Å²) in [5.41, 5.74) is -0.490. The number of aliphatic hydroxyl groups excluding tert-OH is 1. The van der Waals surface area contributed by atoms with Gasteiger partial charge in [-0.25, -0.2) is 0 Å². The van der Waals surface area contributed by atoms with Gasteiger partial charge in [0.15, 0.2) is 0 Å². The van der Waals surface area contributed by atoms with Crippen molar-refractivity contribution in [1.82, 2.24) is 9.80 Å². The first kappa shape index (κ1) is 17.7. The maximum absolute atomic E-state index is 13.1. The van der Waals surface area contributed by atoms with Gasteiger partial charge in [0.25, 0.3) is 0 Å². The van der Waals surface area contributed by atoms with Crippen LogP contribution in [0.25, 0.3) is 0 Å². The standard InChI is InChI=1S/C17H19F3N2O3/c18-17(19,20)14-4-2-1-3-11(14)12-9-13(12)16(25)22-7-5-21(6-8-22)15(24)10-23/h1-4,12-13,23H,5-10H2/t12-,13-/m0/s1. The van der Waals surface area contributed by atoms with Crippen LogP contribution < -0.4 is 0 Å². The van der Waals surface area contributed by atoms with E-state index in [4.69, 9.17) is 5.11 Å². The van der Waals surface area contributed by atoms with Crippen LogP contribution >= 0.6 is 0 Å². The largest absolute Gasteiger partial charge is 0.416 e. The highest BCUT2D eigenvalue weighted by Crippen LogP contribution is 2.51. The van der Waals surface area contributed by atoms with Gasteiger partial charge in [0, 0.05) is 32.1 Å². The first-order chi connectivity index (χ1) is 11.8. The second-order valence-electron chi connectivity index (χ2n) is 6.40. The smallest absolute Gasteiger partial charge is 0.387 e. The lowest BCUT2D eigenvalue weighted by Gasteiger charge is -2.34. The molecule has 0 unspecified atom stereocenters. The summed E-state index contributed by atoms with van der Waals surface area (Å²) in [5.74, 6) is -1.36. The summed E-state index contributed by atoms with van der Waals surface area (Å²) in [7, 11) is 0. The molecule has 1 saturated heterocycles. The minimum Gasteiger partial charge on any atom is -0.387 e. The zero-order valence-corrected chi connectivity index (χ0v) is 13.5. The third-order valence-electron chi connectivity index (χ3n) is 4.85. The number of halogens is 3. The van der Waals surface area contributed by atoms with Crippen molar-refractivity contribution in [2.24, 2.45) is 5.92 Å². The van der Waals surface area contributed by atoms with Gasteiger partial charge in [-0.15, -0.1) is 0 Å². The molecule has 0 bridgehead atoms. The highest BCUT2D eigenvalue weighted by molar-refractivity contribution is 5.84. The fourth-order valence-electron chi connectivity index (χ4n) is 3.40. The molecule has 136 valence electrons. The fourth-order valence-corrected chi connectivity index (χ4v) is 3.40. The van der Waals surface area contributed by atoms with Crippen LogP contribution in [-0.4, -0.2) is 59.5 Å². The molecule has 1 heterocycles. The highest BCUT2D eigenvalue weighted by atomic mass is 19.4. The molecule has 1 N–H and O–H groups in total. The van der Waals surface area contributed by atoms with E-state index in [-0.39, 0.29) is 17.4 Å². The van der Waals surface area contributed by atoms with Crippen LogP contribution in [0.3, 0.4) is 0 Å². The zero-order valence-electron chi connectivity index (χ0n) is 13.5. The second-order valence-corrected chi connectivity index (χ2v) is 6.40. The number of piperazine rings is 1. The van der Waals surface area contributed by atoms with Crippen LogP contribution in [0.2, 0.25) is 0 Å². The summed E-state index contributed by atoms with van der Waals surface area (Å²) in [6.07, 6.45) is -4.01. The van der Waals surface area contributed by atoms with Crippen molar-refractivity contribution in [2.75, 3.05) is 32.8 Å². The van der Waals surface area contributed by atoms with Crippen LogP contribution in [-0.2, 0) is 15.8 Å². The Morgan fingerprint density at radius 2 is 1.68 bits per heavy atom. The third-order valence-corrected chi connectivity index (χ3v) is 4.85. The van der Waals surface area contributed by atoms with E-state index in [9.17, 15) is 22.8 Å². The summed E-state index contributed by atoms with van der Waals surface area (Å²) >= 11 is 0. The Balaban J connectivity index is 1.63. The average Bonchev–Trinajstić information content (AvgIpc) is 3.40. The van der Waals surface area contributed by atoms with Crippen molar-refractivity contribution < 1.29 is 27.9 Å². The van der Waals surface area contributed by atoms with Crippen molar-refractivity contribution in [1.29, 1.82) is 0 Å². The van der Waals surface area contributed by atoms with E-state index in [1.54, 1.807) is 11.0 Å². The van der Waals surface area contributed by atoms with Gasteiger partial charge in [0.1, 0.15) is 6.61 Å². The molecule has 2 fully saturated rings. The van der Waals surface area contributed by atoms with Gasteiger partial charge in [0.05, 0.1) is 5.56 Å². The normalized spacial score (nSPS) is 23.5. The summed E-state index contributed by atoms with van der Waals surface area (Å²) < 4.78 is 39.4. The maximum atomic E-state index is 13.1. The predicted molar refractivity (Wildman–Crippen MR) is 82.5 cm³/mol. The minimum atomic E-state index is -4.43. The molecule has 0 aromatic heterocycles. The molecular weight excluding hydrogens is 337 g/mol. The fraction of sp³-hybridized carbons (Fsp3) is 0.529. The van der Waals surface area contributed by atoms with Gasteiger partial charge < -0.3 is 14.9 Å². The van der Waals surface area contributed by atoms with E-state index in [0.29, 0.717) is 32.6 Å². The molecule has 2 atom stereocenters. The van der Waals surface area contributed by atoms with E-state index in [1.165, 1.54) is 17.0 Å². The summed E-state index contributed by atoms with van der Waals surface area (Å²) in [6.45, 7) is 0.791. The molecule has 0 radical (unpaired) electrons. The molecule has 2 amide bonds. The molecule has 5 nitrogen and oxygen atoms in total. The molecule has 1 saturated carbocycles. The molecule has 1 aliphatic heterocycles. The molecule has 3 rings (SSSR count). The van der Waals surface area contributed by atoms with Gasteiger partial charge in [-0.3, -0.25) is 9.59 Å². The minimum absolute atomic E-state index is 0.155. The van der Waals surface area contributed by atoms with Crippen LogP contribution in [0.15, 0.2) is 24.3 Å². The van der Waals surface area contributed by atoms with Crippen molar-refractivity contribution >= 4 is 11.8 Å². The van der Waals surface area contributed by atoms with Crippen molar-refractivity contribution in [3.8, 4) is 0 Å². The van der Waals surface area contributed by atoms with Crippen LogP contribution in [0.1, 0.15) is 23.5 Å². The molecule has 1 aromatic carbocycles. The Hall–Kier alpha value is -2.09. The predicted octanol–water partition coefficient (Wildman–Crippen LogP) is 1.47. The SMILES string of the molecule is O=C(CO)N1CCN(C(=O)[C@H]2C[C@H]2c2ccccc2C(F)(F)F)CC1. The van der Waals surface area contributed by atoms with Gasteiger partial charge >= 0.3 is 6.18 Å². The number of alkyl halides is 3. The van der Waals surface area contributed by atoms with E-state index >= 15 is 0 Å². The topological polar surface area (TPSA) is 60.9 Å². The lowest BCUT2D eigenvalue weighted by molar-refractivity contribution is -0.142. The molecule has 25 heavy (non-hydrogen) atoms. The molecule has 1 aromatic rings. The number of rotatable bonds is 3. The summed E-state index contributed by atoms with van der Waals surface area (Å²) in [5, 5.41) is 8.85. The van der Waals surface area contributed by atoms with E-state index in [0.717, 1.165) is 6.07 Å². The highest BCUT2D eigenvalue weighted by Gasteiger charge is 2.49. The molecule has 8 heteroatoms. The number of carbonyl (C=O) groups is 2. The lowest BCUT2D eigenvalue weighted by atomic mass is 10.0. The lowest BCUT2D eigenvalue weighted by Crippen LogP contribution is -2.51. The number of nitrogens with zero attached hydrogens (tertiary/aromatic N) is 2. The Kier molecular flexibility index (Phi) is 4.73. The van der Waals surface area contributed by atoms with E-state index in [1.807, 2.05) is 0 Å². The number of amides is 2. The number of hydrogen-bond acceptors (Lipinski definition) is 3. The molecular formula is C17H19F3N2O3. The summed E-state index contributed by atoms with van der Waals surface area (Å²) in [6, 6.07) is 5.40. The van der Waals surface area contributed by atoms with Crippen molar-refractivity contribution in [3.63, 3.8) is 0 Å². The number of hydrogen-bond donors (Lipinski definition) is 1. The molecule has 1 aliphatic carbocycles. The average molecular weight is 356 g/mol. The number of benzene rings is 1. The number of carbonyl (C=O) groups excluding carboxylic acids is 2. The summed E-state index contributed by atoms with van der Waals surface area (Å²) in [4.78, 5) is 27.0. The van der Waals surface area contributed by atoms with E-state index < -0.39 is 30.2 Å². The zero-order chi connectivity index (χ0) is 18.2. The molecule has 0 spiro atoms. The van der Waals surface area contributed by atoms with Gasteiger partial charge in [0.2, 0.25) is 11.8 Å². The van der Waals surface area contributed by atoms with Crippen molar-refractivity contribution in [2.45, 2.75) is 18.5 Å². The van der Waals surface area contributed by atoms with Crippen LogP contribution in [0.4, 0.5) is 13.2 Å². The first-order valence-corrected chi connectivity index (χ1v) is 8.16. The van der Waals surface area contributed by atoms with Crippen molar-refractivity contribution in [3.05, 3.63) is 35.4 Å². The Labute approximate surface area is 143 Å². The quantitative estimate of drug-likeness (QED) is 0.892. The van der Waals surface area contributed by atoms with Gasteiger partial charge in [-0.1, -0.05) is 18.2 Å². The molecule has 2 aliphatic rings. The third kappa shape index (κ3) is 3.63. The Morgan fingerprint density at radius 3 is 2.28 bits per heavy atom. The number of aliphatic hydroxyl groups is 1. The van der Waals surface area contributed by atoms with Crippen LogP contribution in [0, 0.1) is 5.92 Å². The Bertz CT molecular complexity index is 669. The second kappa shape index (κ2) is 6.67. The first-order valence-electron chi connectivity index (χ1n) is 8.16. The Morgan fingerprint density at radius 1 is 1.08 bits per heavy atom. The maximum Gasteiger partial charge on any atom is 0.416 e. The van der Waals surface area contributed by atoms with Gasteiger partial charge in [-0.05, 0) is 24.0 Å². The van der Waals surface area contributed by atoms with Crippen LogP contribution in [0.5, 0.6) is 0 Å². The van der Waals surface area contributed by atoms with Gasteiger partial charge in [-0.2, -0.15) is 13.2 Å².